The number of piperazine rings is 1. The van der Waals surface area contributed by atoms with Gasteiger partial charge in [-0.1, -0.05) is 6.58 Å². The van der Waals surface area contributed by atoms with Gasteiger partial charge in [-0.3, -0.25) is 4.79 Å². The molecule has 0 bridgehead atoms. The Morgan fingerprint density at radius 2 is 1.86 bits per heavy atom. The van der Waals surface area contributed by atoms with Crippen LogP contribution in [0.3, 0.4) is 0 Å². The van der Waals surface area contributed by atoms with Gasteiger partial charge in [-0.2, -0.15) is 15.2 Å². The molecular weight excluding hydrogens is 547 g/mol. The van der Waals surface area contributed by atoms with E-state index < -0.39 is 17.8 Å². The van der Waals surface area contributed by atoms with Crippen LogP contribution >= 0.6 is 0 Å². The second-order valence-electron chi connectivity index (χ2n) is 12.2. The third kappa shape index (κ3) is 6.16. The lowest BCUT2D eigenvalue weighted by Gasteiger charge is -2.41. The normalized spacial score (nSPS) is 22.4. The molecule has 2 aromatic rings. The number of anilines is 2. The Balaban J connectivity index is 1.29. The summed E-state index contributed by atoms with van der Waals surface area (Å²) in [5.74, 6) is 0.129. The topological polar surface area (TPSA) is 102 Å². The third-order valence-electron chi connectivity index (χ3n) is 9.53. The summed E-state index contributed by atoms with van der Waals surface area (Å²) >= 11 is 0. The molecule has 0 saturated carbocycles. The van der Waals surface area contributed by atoms with E-state index in [9.17, 15) is 14.4 Å². The number of halogens is 1. The number of rotatable bonds is 7. The molecule has 11 heteroatoms. The Kier molecular flexibility index (Phi) is 8.75. The molecular formula is C32H41FN8O2. The minimum Gasteiger partial charge on any atom is -0.462 e. The number of aryl methyl sites for hydroxylation is 1. The number of likely N-dealkylation sites (tertiary alicyclic amines) is 1. The first-order chi connectivity index (χ1) is 20.9. The minimum absolute atomic E-state index is 0.0960. The number of carbonyl (C=O) groups excluding carboxylic acids is 1. The van der Waals surface area contributed by atoms with Crippen molar-refractivity contribution in [3.8, 4) is 12.1 Å². The third-order valence-corrected chi connectivity index (χ3v) is 9.53. The second kappa shape index (κ2) is 12.8. The maximum atomic E-state index is 13.8. The number of nitrogens with zero attached hydrogens (tertiary/aromatic N) is 8. The van der Waals surface area contributed by atoms with E-state index in [0.717, 1.165) is 81.1 Å². The van der Waals surface area contributed by atoms with Crippen LogP contribution in [0.25, 0.3) is 0 Å². The number of ether oxygens (including phenoxy) is 1. The number of carbonyl (C=O) groups is 1. The van der Waals surface area contributed by atoms with Gasteiger partial charge in [-0.05, 0) is 75.7 Å². The second-order valence-corrected chi connectivity index (χ2v) is 12.2. The van der Waals surface area contributed by atoms with Crippen LogP contribution in [0.2, 0.25) is 0 Å². The molecule has 3 aliphatic heterocycles. The van der Waals surface area contributed by atoms with E-state index in [0.29, 0.717) is 31.7 Å². The van der Waals surface area contributed by atoms with E-state index in [2.05, 4.69) is 40.5 Å². The van der Waals surface area contributed by atoms with Crippen LogP contribution in [-0.2, 0) is 30.5 Å². The van der Waals surface area contributed by atoms with Gasteiger partial charge >= 0.3 is 6.01 Å². The zero-order valence-electron chi connectivity index (χ0n) is 25.1. The lowest BCUT2D eigenvalue weighted by atomic mass is 9.92. The highest BCUT2D eigenvalue weighted by molar-refractivity contribution is 5.91. The molecule has 0 unspecified atom stereocenters. The van der Waals surface area contributed by atoms with E-state index in [1.54, 1.807) is 0 Å². The van der Waals surface area contributed by atoms with Crippen LogP contribution in [0.15, 0.2) is 24.7 Å². The lowest BCUT2D eigenvalue weighted by molar-refractivity contribution is -0.131. The molecule has 2 saturated heterocycles. The number of fused-ring (bicyclic) bond motifs is 2. The average molecular weight is 589 g/mol. The van der Waals surface area contributed by atoms with Gasteiger partial charge in [-0.25, -0.2) is 9.37 Å². The van der Waals surface area contributed by atoms with Crippen LogP contribution < -0.4 is 14.5 Å². The standard InChI is InChI=1S/C32H41FN8O2/c1-22(33)31(42)41-19-18-40(20-24(41)9-13-34)30-27-11-16-39(29-26-8-4-3-6-23(26)10-14-35-29)17-12-28(27)36-32(37-30)43-21-25-7-5-15-38(25)2/h10,14,24-25H,1,3-9,11-12,15-21H2,2H3/t24-,25-/m0/s1. The molecule has 43 heavy (non-hydrogen) atoms. The SMILES string of the molecule is C=C(F)C(=O)N1CCN(c2nc(OC[C@@H]3CCCN3C)nc3c2CCN(c2nccc4c2CCCC4)CC3)C[C@@H]1CC#N. The first-order valence-electron chi connectivity index (χ1n) is 15.6. The molecule has 4 aliphatic rings. The predicted molar refractivity (Wildman–Crippen MR) is 162 cm³/mol. The Bertz CT molecular complexity index is 1410. The molecule has 2 fully saturated rings. The fourth-order valence-corrected chi connectivity index (χ4v) is 7.12. The summed E-state index contributed by atoms with van der Waals surface area (Å²) in [7, 11) is 2.12. The number of hydrogen-bond donors (Lipinski definition) is 0. The Morgan fingerprint density at radius 3 is 2.65 bits per heavy atom. The fourth-order valence-electron chi connectivity index (χ4n) is 7.12. The van der Waals surface area contributed by atoms with Crippen molar-refractivity contribution in [2.75, 3.05) is 62.7 Å². The zero-order chi connectivity index (χ0) is 29.9. The first-order valence-corrected chi connectivity index (χ1v) is 15.6. The van der Waals surface area contributed by atoms with Crippen molar-refractivity contribution in [1.82, 2.24) is 24.8 Å². The van der Waals surface area contributed by atoms with Crippen molar-refractivity contribution in [2.45, 2.75) is 69.9 Å². The Morgan fingerprint density at radius 1 is 1.02 bits per heavy atom. The van der Waals surface area contributed by atoms with Gasteiger partial charge in [0.2, 0.25) is 0 Å². The smallest absolute Gasteiger partial charge is 0.318 e. The number of nitriles is 1. The molecule has 0 N–H and O–H groups in total. The molecule has 6 rings (SSSR count). The molecule has 1 amide bonds. The molecule has 5 heterocycles. The first kappa shape index (κ1) is 29.3. The highest BCUT2D eigenvalue weighted by Gasteiger charge is 2.35. The largest absolute Gasteiger partial charge is 0.462 e. The van der Waals surface area contributed by atoms with E-state index >= 15 is 0 Å². The van der Waals surface area contributed by atoms with Crippen molar-refractivity contribution in [1.29, 1.82) is 5.26 Å². The van der Waals surface area contributed by atoms with Crippen LogP contribution in [-0.4, -0.2) is 95.7 Å². The van der Waals surface area contributed by atoms with Gasteiger partial charge in [0, 0.05) is 56.9 Å². The van der Waals surface area contributed by atoms with E-state index in [-0.39, 0.29) is 13.0 Å². The minimum atomic E-state index is -1.00. The summed E-state index contributed by atoms with van der Waals surface area (Å²) in [4.78, 5) is 35.6. The highest BCUT2D eigenvalue weighted by atomic mass is 19.1. The van der Waals surface area contributed by atoms with Gasteiger partial charge in [0.05, 0.1) is 24.2 Å². The number of hydrogen-bond acceptors (Lipinski definition) is 9. The van der Waals surface area contributed by atoms with E-state index in [1.165, 1.54) is 28.9 Å². The number of aromatic nitrogens is 3. The predicted octanol–water partition coefficient (Wildman–Crippen LogP) is 3.24. The quantitative estimate of drug-likeness (QED) is 0.451. The fraction of sp³-hybridized carbons (Fsp3) is 0.594. The molecule has 2 aromatic heterocycles. The maximum absolute atomic E-state index is 13.8. The Labute approximate surface area is 253 Å². The Hall–Kier alpha value is -3.78. The van der Waals surface area contributed by atoms with E-state index in [4.69, 9.17) is 19.7 Å². The van der Waals surface area contributed by atoms with Gasteiger partial charge in [0.1, 0.15) is 18.2 Å². The number of likely N-dealkylation sites (N-methyl/N-ethyl adjacent to an activating group) is 1. The molecule has 10 nitrogen and oxygen atoms in total. The van der Waals surface area contributed by atoms with Gasteiger partial charge in [0.15, 0.2) is 5.83 Å². The summed E-state index contributed by atoms with van der Waals surface area (Å²) in [5, 5.41) is 9.52. The molecule has 228 valence electrons. The number of pyridine rings is 1. The summed E-state index contributed by atoms with van der Waals surface area (Å²) in [6.45, 7) is 7.50. The average Bonchev–Trinajstić information content (AvgIpc) is 3.31. The monoisotopic (exact) mass is 588 g/mol. The molecule has 1 aliphatic carbocycles. The summed E-state index contributed by atoms with van der Waals surface area (Å²) in [6, 6.07) is 4.57. The van der Waals surface area contributed by atoms with Crippen molar-refractivity contribution in [3.05, 3.63) is 47.1 Å². The molecule has 2 atom stereocenters. The van der Waals surface area contributed by atoms with Crippen LogP contribution in [0.5, 0.6) is 6.01 Å². The van der Waals surface area contributed by atoms with Gasteiger partial charge in [0.25, 0.3) is 5.91 Å². The van der Waals surface area contributed by atoms with Crippen molar-refractivity contribution in [2.24, 2.45) is 0 Å². The van der Waals surface area contributed by atoms with Crippen LogP contribution in [0.1, 0.15) is 54.5 Å². The van der Waals surface area contributed by atoms with Crippen LogP contribution in [0.4, 0.5) is 16.0 Å². The van der Waals surface area contributed by atoms with Crippen molar-refractivity contribution < 1.29 is 13.9 Å². The molecule has 0 spiro atoms. The van der Waals surface area contributed by atoms with Crippen LogP contribution in [0, 0.1) is 11.3 Å². The maximum Gasteiger partial charge on any atom is 0.318 e. The highest BCUT2D eigenvalue weighted by Crippen LogP contribution is 2.33. The molecule has 0 radical (unpaired) electrons. The van der Waals surface area contributed by atoms with Crippen molar-refractivity contribution >= 4 is 17.5 Å². The molecule has 0 aromatic carbocycles. The lowest BCUT2D eigenvalue weighted by Crippen LogP contribution is -2.55. The van der Waals surface area contributed by atoms with E-state index in [1.807, 2.05) is 6.20 Å². The summed E-state index contributed by atoms with van der Waals surface area (Å²) in [5.41, 5.74) is 4.84. The summed E-state index contributed by atoms with van der Waals surface area (Å²) in [6.07, 6.45) is 10.4. The zero-order valence-corrected chi connectivity index (χ0v) is 25.1. The van der Waals surface area contributed by atoms with Gasteiger partial charge < -0.3 is 24.3 Å². The van der Waals surface area contributed by atoms with Crippen molar-refractivity contribution in [3.63, 3.8) is 0 Å². The summed E-state index contributed by atoms with van der Waals surface area (Å²) < 4.78 is 20.1. The van der Waals surface area contributed by atoms with Gasteiger partial charge in [-0.15, -0.1) is 0 Å². The number of amides is 1.